The van der Waals surface area contributed by atoms with Gasteiger partial charge in [-0.05, 0) is 32.1 Å². The molecule has 2 N–H and O–H groups in total. The number of aromatic nitrogens is 2. The van der Waals surface area contributed by atoms with Crippen molar-refractivity contribution in [2.75, 3.05) is 62.3 Å². The highest BCUT2D eigenvalue weighted by Gasteiger charge is 2.45. The molecule has 0 spiro atoms. The molecule has 1 amide bonds. The molecule has 3 aliphatic heterocycles. The minimum atomic E-state index is -0.586. The topological polar surface area (TPSA) is 87.8 Å². The van der Waals surface area contributed by atoms with Gasteiger partial charge in [0.1, 0.15) is 5.54 Å². The third-order valence-electron chi connectivity index (χ3n) is 7.27. The van der Waals surface area contributed by atoms with Crippen molar-refractivity contribution in [3.8, 4) is 0 Å². The van der Waals surface area contributed by atoms with E-state index < -0.39 is 5.54 Å². The van der Waals surface area contributed by atoms with Crippen LogP contribution in [0.5, 0.6) is 0 Å². The summed E-state index contributed by atoms with van der Waals surface area (Å²) >= 11 is 0. The molecule has 1 aromatic heterocycles. The molecular weight excluding hydrogens is 392 g/mol. The summed E-state index contributed by atoms with van der Waals surface area (Å²) in [6, 6.07) is 8.44. The minimum absolute atomic E-state index is 0.217. The lowest BCUT2D eigenvalue weighted by Gasteiger charge is -2.48. The van der Waals surface area contributed by atoms with Crippen molar-refractivity contribution in [1.29, 1.82) is 0 Å². The summed E-state index contributed by atoms with van der Waals surface area (Å²) in [4.78, 5) is 19.4. The Hall–Kier alpha value is -2.45. The van der Waals surface area contributed by atoms with Crippen molar-refractivity contribution in [2.24, 2.45) is 5.73 Å². The van der Waals surface area contributed by atoms with Gasteiger partial charge < -0.3 is 20.3 Å². The van der Waals surface area contributed by atoms with E-state index in [1.165, 1.54) is 19.3 Å². The van der Waals surface area contributed by atoms with E-state index in [-0.39, 0.29) is 5.91 Å². The zero-order chi connectivity index (χ0) is 21.3. The van der Waals surface area contributed by atoms with Crippen LogP contribution in [0, 0.1) is 0 Å². The van der Waals surface area contributed by atoms with E-state index >= 15 is 0 Å². The summed E-state index contributed by atoms with van der Waals surface area (Å²) in [6.45, 7) is 6.40. The zero-order valence-electron chi connectivity index (χ0n) is 18.1. The first kappa shape index (κ1) is 20.5. The van der Waals surface area contributed by atoms with Gasteiger partial charge in [-0.1, -0.05) is 24.3 Å². The summed E-state index contributed by atoms with van der Waals surface area (Å²) in [6.07, 6.45) is 5.11. The predicted octanol–water partition coefficient (Wildman–Crippen LogP) is 1.78. The van der Waals surface area contributed by atoms with Crippen molar-refractivity contribution in [1.82, 2.24) is 15.1 Å². The highest BCUT2D eigenvalue weighted by Crippen LogP contribution is 2.36. The fourth-order valence-electron chi connectivity index (χ4n) is 5.45. The van der Waals surface area contributed by atoms with Gasteiger partial charge in [0.15, 0.2) is 11.6 Å². The monoisotopic (exact) mass is 424 g/mol. The van der Waals surface area contributed by atoms with Crippen molar-refractivity contribution >= 4 is 28.3 Å². The molecule has 4 heterocycles. The number of ether oxygens (including phenoxy) is 1. The van der Waals surface area contributed by atoms with Gasteiger partial charge in [0.05, 0.1) is 13.2 Å². The second-order valence-electron chi connectivity index (χ2n) is 8.92. The standard InChI is InChI=1S/C23H32N6O2/c24-22(30)23(29-14-16-31-17-15-29)8-12-28(13-9-23)21-19-7-3-2-6-18(19)20(25-26-21)27-10-4-1-5-11-27/h2-3,6-7H,1,4-5,8-17H2,(H2,24,30). The zero-order valence-corrected chi connectivity index (χ0v) is 18.1. The summed E-state index contributed by atoms with van der Waals surface area (Å²) in [5.74, 6) is 1.69. The number of piperidine rings is 2. The van der Waals surface area contributed by atoms with Crippen LogP contribution < -0.4 is 15.5 Å². The summed E-state index contributed by atoms with van der Waals surface area (Å²) in [5.41, 5.74) is 5.35. The van der Waals surface area contributed by atoms with E-state index in [0.717, 1.165) is 61.7 Å². The van der Waals surface area contributed by atoms with Crippen LogP contribution in [0.4, 0.5) is 11.6 Å². The Bertz CT molecular complexity index is 931. The first-order valence-corrected chi connectivity index (χ1v) is 11.6. The quantitative estimate of drug-likeness (QED) is 0.800. The Kier molecular flexibility index (Phi) is 5.67. The number of hydrogen-bond acceptors (Lipinski definition) is 7. The van der Waals surface area contributed by atoms with Crippen molar-refractivity contribution in [3.05, 3.63) is 24.3 Å². The molecule has 3 saturated heterocycles. The maximum atomic E-state index is 12.5. The van der Waals surface area contributed by atoms with Crippen molar-refractivity contribution < 1.29 is 9.53 Å². The van der Waals surface area contributed by atoms with Crippen molar-refractivity contribution in [2.45, 2.75) is 37.6 Å². The van der Waals surface area contributed by atoms with E-state index in [1.54, 1.807) is 0 Å². The Morgan fingerprint density at radius 3 is 1.94 bits per heavy atom. The summed E-state index contributed by atoms with van der Waals surface area (Å²) < 4.78 is 5.49. The number of anilines is 2. The molecule has 8 heteroatoms. The Morgan fingerprint density at radius 1 is 0.839 bits per heavy atom. The van der Waals surface area contributed by atoms with Gasteiger partial charge in [-0.2, -0.15) is 0 Å². The van der Waals surface area contributed by atoms with Gasteiger partial charge in [0, 0.05) is 50.0 Å². The number of fused-ring (bicyclic) bond motifs is 1. The van der Waals surface area contributed by atoms with E-state index in [1.807, 2.05) is 0 Å². The molecule has 31 heavy (non-hydrogen) atoms. The van der Waals surface area contributed by atoms with Crippen LogP contribution in [0.1, 0.15) is 32.1 Å². The Labute approximate surface area is 183 Å². The fourth-order valence-corrected chi connectivity index (χ4v) is 5.45. The van der Waals surface area contributed by atoms with Crippen LogP contribution in [-0.2, 0) is 9.53 Å². The van der Waals surface area contributed by atoms with E-state index in [4.69, 9.17) is 15.6 Å². The normalized spacial score (nSPS) is 22.6. The molecule has 8 nitrogen and oxygen atoms in total. The van der Waals surface area contributed by atoms with Gasteiger partial charge in [0.25, 0.3) is 0 Å². The highest BCUT2D eigenvalue weighted by molar-refractivity contribution is 5.99. The number of primary amides is 1. The third-order valence-corrected chi connectivity index (χ3v) is 7.27. The minimum Gasteiger partial charge on any atom is -0.379 e. The van der Waals surface area contributed by atoms with Crippen LogP contribution in [0.2, 0.25) is 0 Å². The average molecular weight is 425 g/mol. The molecule has 166 valence electrons. The molecule has 1 aromatic carbocycles. The van der Waals surface area contributed by atoms with Crippen LogP contribution in [0.3, 0.4) is 0 Å². The number of carbonyl (C=O) groups excluding carboxylic acids is 1. The number of benzene rings is 1. The van der Waals surface area contributed by atoms with Gasteiger partial charge in [0.2, 0.25) is 5.91 Å². The highest BCUT2D eigenvalue weighted by atomic mass is 16.5. The smallest absolute Gasteiger partial charge is 0.238 e. The number of carbonyl (C=O) groups is 1. The van der Waals surface area contributed by atoms with Gasteiger partial charge in [-0.15, -0.1) is 10.2 Å². The van der Waals surface area contributed by atoms with E-state index in [2.05, 4.69) is 44.1 Å². The molecule has 3 aliphatic rings. The molecule has 0 atom stereocenters. The first-order valence-electron chi connectivity index (χ1n) is 11.6. The van der Waals surface area contributed by atoms with Gasteiger partial charge in [-0.25, -0.2) is 0 Å². The average Bonchev–Trinajstić information content (AvgIpc) is 2.84. The second kappa shape index (κ2) is 8.59. The lowest BCUT2D eigenvalue weighted by molar-refractivity contribution is -0.135. The first-order chi connectivity index (χ1) is 15.2. The molecule has 0 saturated carbocycles. The van der Waals surface area contributed by atoms with Crippen LogP contribution in [-0.4, -0.2) is 79.0 Å². The van der Waals surface area contributed by atoms with Crippen LogP contribution in [0.25, 0.3) is 10.8 Å². The van der Waals surface area contributed by atoms with E-state index in [9.17, 15) is 4.79 Å². The Morgan fingerprint density at radius 2 is 1.39 bits per heavy atom. The SMILES string of the molecule is NC(=O)C1(N2CCOCC2)CCN(c2nnc(N3CCCCC3)c3ccccc23)CC1. The molecule has 0 radical (unpaired) electrons. The van der Waals surface area contributed by atoms with Gasteiger partial charge >= 0.3 is 0 Å². The molecule has 5 rings (SSSR count). The summed E-state index contributed by atoms with van der Waals surface area (Å²) in [5, 5.41) is 11.7. The molecule has 0 aliphatic carbocycles. The largest absolute Gasteiger partial charge is 0.379 e. The maximum Gasteiger partial charge on any atom is 0.238 e. The number of hydrogen-bond donors (Lipinski definition) is 1. The van der Waals surface area contributed by atoms with Crippen LogP contribution in [0.15, 0.2) is 24.3 Å². The van der Waals surface area contributed by atoms with Gasteiger partial charge in [-0.3, -0.25) is 9.69 Å². The number of morpholine rings is 1. The molecule has 2 aromatic rings. The fraction of sp³-hybridized carbons (Fsp3) is 0.609. The Balaban J connectivity index is 1.41. The number of rotatable bonds is 4. The maximum absolute atomic E-state index is 12.5. The number of amides is 1. The van der Waals surface area contributed by atoms with Crippen LogP contribution >= 0.6 is 0 Å². The molecular formula is C23H32N6O2. The lowest BCUT2D eigenvalue weighted by atomic mass is 9.84. The van der Waals surface area contributed by atoms with E-state index in [0.29, 0.717) is 26.1 Å². The molecule has 0 unspecified atom stereocenters. The molecule has 0 bridgehead atoms. The molecule has 3 fully saturated rings. The van der Waals surface area contributed by atoms with Crippen molar-refractivity contribution in [3.63, 3.8) is 0 Å². The third kappa shape index (κ3) is 3.72. The number of nitrogens with zero attached hydrogens (tertiary/aromatic N) is 5. The predicted molar refractivity (Wildman–Crippen MR) is 121 cm³/mol. The lowest BCUT2D eigenvalue weighted by Crippen LogP contribution is -2.64. The summed E-state index contributed by atoms with van der Waals surface area (Å²) in [7, 11) is 0. The second-order valence-corrected chi connectivity index (χ2v) is 8.92. The number of nitrogens with two attached hydrogens (primary N) is 1.